The van der Waals surface area contributed by atoms with Crippen LogP contribution in [0.1, 0.15) is 5.56 Å². The van der Waals surface area contributed by atoms with E-state index in [0.29, 0.717) is 10.2 Å². The lowest BCUT2D eigenvalue weighted by Crippen LogP contribution is -2.07. The second-order valence-electron chi connectivity index (χ2n) is 6.36. The third kappa shape index (κ3) is 4.99. The normalized spacial score (nSPS) is 10.9. The summed E-state index contributed by atoms with van der Waals surface area (Å²) in [6.45, 7) is 0. The first kappa shape index (κ1) is 19.1. The molecule has 0 fully saturated rings. The minimum atomic E-state index is -0.222. The first-order chi connectivity index (χ1) is 14.2. The number of aromatic nitrogens is 1. The van der Waals surface area contributed by atoms with Gasteiger partial charge < -0.3 is 0 Å². The number of thiazole rings is 1. The summed E-state index contributed by atoms with van der Waals surface area (Å²) < 4.78 is 0. The first-order valence-corrected chi connectivity index (χ1v) is 10.3. The fourth-order valence-electron chi connectivity index (χ4n) is 2.82. The van der Waals surface area contributed by atoms with E-state index in [1.807, 2.05) is 47.8 Å². The number of hydrogen-bond acceptors (Lipinski definition) is 3. The van der Waals surface area contributed by atoms with Gasteiger partial charge >= 0.3 is 0 Å². The van der Waals surface area contributed by atoms with Crippen LogP contribution in [0.15, 0.2) is 90.3 Å². The van der Waals surface area contributed by atoms with Crippen LogP contribution in [0, 0.1) is 0 Å². The number of nitrogens with zero attached hydrogens (tertiary/aromatic N) is 1. The summed E-state index contributed by atoms with van der Waals surface area (Å²) in [7, 11) is 0. The van der Waals surface area contributed by atoms with Crippen molar-refractivity contribution in [2.45, 2.75) is 0 Å². The zero-order valence-electron chi connectivity index (χ0n) is 15.4. The van der Waals surface area contributed by atoms with Crippen molar-refractivity contribution in [2.24, 2.45) is 0 Å². The maximum absolute atomic E-state index is 12.1. The summed E-state index contributed by atoms with van der Waals surface area (Å²) in [6, 6.07) is 25.8. The largest absolute Gasteiger partial charge is 0.298 e. The fraction of sp³-hybridized carbons (Fsp3) is 0. The quantitative estimate of drug-likeness (QED) is 0.364. The lowest BCUT2D eigenvalue weighted by molar-refractivity contribution is -0.111. The highest BCUT2D eigenvalue weighted by Crippen LogP contribution is 2.27. The van der Waals surface area contributed by atoms with Gasteiger partial charge in [0.15, 0.2) is 5.13 Å². The van der Waals surface area contributed by atoms with Gasteiger partial charge in [-0.1, -0.05) is 78.3 Å². The minimum absolute atomic E-state index is 0.222. The summed E-state index contributed by atoms with van der Waals surface area (Å²) in [5, 5.41) is 5.98. The number of amides is 1. The second-order valence-corrected chi connectivity index (χ2v) is 7.65. The van der Waals surface area contributed by atoms with E-state index in [4.69, 9.17) is 11.6 Å². The number of hydrogen-bond donors (Lipinski definition) is 1. The average molecular weight is 417 g/mol. The Balaban J connectivity index is 1.41. The van der Waals surface area contributed by atoms with Crippen LogP contribution in [-0.4, -0.2) is 10.9 Å². The highest BCUT2D eigenvalue weighted by molar-refractivity contribution is 7.14. The van der Waals surface area contributed by atoms with Crippen LogP contribution in [0.3, 0.4) is 0 Å². The smallest absolute Gasteiger partial charge is 0.250 e. The van der Waals surface area contributed by atoms with Gasteiger partial charge in [-0.2, -0.15) is 0 Å². The van der Waals surface area contributed by atoms with Crippen LogP contribution in [0.25, 0.3) is 28.5 Å². The lowest BCUT2D eigenvalue weighted by Gasteiger charge is -2.03. The Morgan fingerprint density at radius 1 is 0.862 bits per heavy atom. The van der Waals surface area contributed by atoms with E-state index in [1.165, 1.54) is 23.0 Å². The van der Waals surface area contributed by atoms with E-state index in [-0.39, 0.29) is 5.91 Å². The molecule has 1 heterocycles. The highest BCUT2D eigenvalue weighted by atomic mass is 35.5. The van der Waals surface area contributed by atoms with Crippen LogP contribution < -0.4 is 5.32 Å². The SMILES string of the molecule is O=C(C=Cc1ccc(Cl)cc1)Nc1nc(-c2ccc(-c3ccccc3)cc2)cs1. The van der Waals surface area contributed by atoms with Crippen LogP contribution in [0.2, 0.25) is 5.02 Å². The molecule has 0 saturated carbocycles. The Hall–Kier alpha value is -3.21. The van der Waals surface area contributed by atoms with Crippen molar-refractivity contribution in [3.63, 3.8) is 0 Å². The zero-order chi connectivity index (χ0) is 20.1. The second kappa shape index (κ2) is 8.86. The van der Waals surface area contributed by atoms with Gasteiger partial charge in [0.2, 0.25) is 5.91 Å². The Morgan fingerprint density at radius 3 is 2.24 bits per heavy atom. The average Bonchev–Trinajstić information content (AvgIpc) is 3.22. The van der Waals surface area contributed by atoms with Gasteiger partial charge in [-0.15, -0.1) is 11.3 Å². The number of anilines is 1. The maximum Gasteiger partial charge on any atom is 0.250 e. The van der Waals surface area contributed by atoms with Gasteiger partial charge in [0.1, 0.15) is 0 Å². The van der Waals surface area contributed by atoms with Gasteiger partial charge in [-0.25, -0.2) is 4.98 Å². The third-order valence-corrected chi connectivity index (χ3v) is 5.33. The molecule has 1 aromatic heterocycles. The molecule has 0 saturated heterocycles. The molecule has 4 aromatic rings. The van der Waals surface area contributed by atoms with E-state index in [1.54, 1.807) is 18.2 Å². The maximum atomic E-state index is 12.1. The number of halogens is 1. The van der Waals surface area contributed by atoms with Crippen molar-refractivity contribution in [1.29, 1.82) is 0 Å². The van der Waals surface area contributed by atoms with E-state index < -0.39 is 0 Å². The van der Waals surface area contributed by atoms with Crippen molar-refractivity contribution in [3.8, 4) is 22.4 Å². The molecule has 0 spiro atoms. The van der Waals surface area contributed by atoms with Crippen molar-refractivity contribution in [3.05, 3.63) is 101 Å². The Kier molecular flexibility index (Phi) is 5.84. The van der Waals surface area contributed by atoms with E-state index in [0.717, 1.165) is 22.4 Å². The Morgan fingerprint density at radius 2 is 1.52 bits per heavy atom. The molecule has 29 heavy (non-hydrogen) atoms. The van der Waals surface area contributed by atoms with Gasteiger partial charge in [0.25, 0.3) is 0 Å². The zero-order valence-corrected chi connectivity index (χ0v) is 17.0. The molecule has 0 radical (unpaired) electrons. The molecule has 1 amide bonds. The molecular weight excluding hydrogens is 400 g/mol. The van der Waals surface area contributed by atoms with Crippen molar-refractivity contribution >= 4 is 40.1 Å². The standard InChI is InChI=1S/C24H17ClN2OS/c25-21-13-6-17(7-14-21)8-15-23(28)27-24-26-22(16-29-24)20-11-9-19(10-12-20)18-4-2-1-3-5-18/h1-16H,(H,26,27,28). The van der Waals surface area contributed by atoms with E-state index >= 15 is 0 Å². The minimum Gasteiger partial charge on any atom is -0.298 e. The van der Waals surface area contributed by atoms with E-state index in [9.17, 15) is 4.79 Å². The molecule has 0 aliphatic rings. The van der Waals surface area contributed by atoms with Gasteiger partial charge in [0, 0.05) is 22.0 Å². The fourth-order valence-corrected chi connectivity index (χ4v) is 3.67. The lowest BCUT2D eigenvalue weighted by atomic mass is 10.0. The monoisotopic (exact) mass is 416 g/mol. The van der Waals surface area contributed by atoms with Gasteiger partial charge in [-0.3, -0.25) is 10.1 Å². The van der Waals surface area contributed by atoms with Crippen LogP contribution in [-0.2, 0) is 4.79 Å². The molecule has 142 valence electrons. The molecule has 3 nitrogen and oxygen atoms in total. The summed E-state index contributed by atoms with van der Waals surface area (Å²) in [4.78, 5) is 16.7. The number of nitrogens with one attached hydrogen (secondary N) is 1. The van der Waals surface area contributed by atoms with Crippen molar-refractivity contribution < 1.29 is 4.79 Å². The topological polar surface area (TPSA) is 42.0 Å². The highest BCUT2D eigenvalue weighted by Gasteiger charge is 2.07. The molecule has 3 aromatic carbocycles. The number of benzene rings is 3. The predicted molar refractivity (Wildman–Crippen MR) is 122 cm³/mol. The summed E-state index contributed by atoms with van der Waals surface area (Å²) in [5.74, 6) is -0.222. The number of carbonyl (C=O) groups excluding carboxylic acids is 1. The molecule has 0 unspecified atom stereocenters. The van der Waals surface area contributed by atoms with E-state index in [2.05, 4.69) is 34.6 Å². The number of carbonyl (C=O) groups is 1. The molecule has 0 bridgehead atoms. The van der Waals surface area contributed by atoms with Crippen LogP contribution in [0.5, 0.6) is 0 Å². The van der Waals surface area contributed by atoms with Gasteiger partial charge in [-0.05, 0) is 34.9 Å². The summed E-state index contributed by atoms with van der Waals surface area (Å²) in [5.41, 5.74) is 5.09. The molecule has 0 aliphatic carbocycles. The predicted octanol–water partition coefficient (Wildman–Crippen LogP) is 6.78. The molecule has 0 aliphatic heterocycles. The molecule has 1 N–H and O–H groups in total. The number of rotatable bonds is 5. The first-order valence-electron chi connectivity index (χ1n) is 9.03. The van der Waals surface area contributed by atoms with Crippen molar-refractivity contribution in [1.82, 2.24) is 4.98 Å². The van der Waals surface area contributed by atoms with Crippen molar-refractivity contribution in [2.75, 3.05) is 5.32 Å². The Bertz CT molecular complexity index is 1130. The van der Waals surface area contributed by atoms with Crippen LogP contribution in [0.4, 0.5) is 5.13 Å². The van der Waals surface area contributed by atoms with Gasteiger partial charge in [0.05, 0.1) is 5.69 Å². The molecule has 4 rings (SSSR count). The Labute approximate surface area is 178 Å². The molecular formula is C24H17ClN2OS. The van der Waals surface area contributed by atoms with Crippen LogP contribution >= 0.6 is 22.9 Å². The third-order valence-electron chi connectivity index (χ3n) is 4.32. The summed E-state index contributed by atoms with van der Waals surface area (Å²) in [6.07, 6.45) is 3.22. The molecule has 0 atom stereocenters. The molecule has 5 heteroatoms. The summed E-state index contributed by atoms with van der Waals surface area (Å²) >= 11 is 7.27.